The molecule has 108 valence electrons. The SMILES string of the molecule is CN1CCCC(NC(=O)N2CC(O)CC2C(=O)O)C1. The van der Waals surface area contributed by atoms with Crippen LogP contribution >= 0.6 is 0 Å². The number of nitrogens with one attached hydrogen (secondary N) is 1. The van der Waals surface area contributed by atoms with E-state index in [2.05, 4.69) is 10.2 Å². The van der Waals surface area contributed by atoms with Crippen molar-refractivity contribution in [3.63, 3.8) is 0 Å². The number of aliphatic hydroxyl groups is 1. The average Bonchev–Trinajstić information content (AvgIpc) is 2.71. The number of likely N-dealkylation sites (tertiary alicyclic amines) is 2. The van der Waals surface area contributed by atoms with E-state index in [9.17, 15) is 14.7 Å². The highest BCUT2D eigenvalue weighted by Crippen LogP contribution is 2.19. The number of rotatable bonds is 2. The molecule has 2 aliphatic heterocycles. The molecule has 2 rings (SSSR count). The zero-order chi connectivity index (χ0) is 14.0. The number of carbonyl (C=O) groups excluding carboxylic acids is 1. The van der Waals surface area contributed by atoms with Gasteiger partial charge < -0.3 is 25.3 Å². The smallest absolute Gasteiger partial charge is 0.326 e. The summed E-state index contributed by atoms with van der Waals surface area (Å²) >= 11 is 0. The zero-order valence-corrected chi connectivity index (χ0v) is 11.1. The van der Waals surface area contributed by atoms with Crippen molar-refractivity contribution >= 4 is 12.0 Å². The highest BCUT2D eigenvalue weighted by molar-refractivity contribution is 5.83. The van der Waals surface area contributed by atoms with Crippen molar-refractivity contribution in [2.24, 2.45) is 0 Å². The van der Waals surface area contributed by atoms with Crippen LogP contribution in [0.15, 0.2) is 0 Å². The van der Waals surface area contributed by atoms with Crippen LogP contribution in [0.3, 0.4) is 0 Å². The molecular weight excluding hydrogens is 250 g/mol. The Labute approximate surface area is 112 Å². The van der Waals surface area contributed by atoms with Gasteiger partial charge in [-0.3, -0.25) is 0 Å². The van der Waals surface area contributed by atoms with Gasteiger partial charge in [0.15, 0.2) is 0 Å². The van der Waals surface area contributed by atoms with Crippen molar-refractivity contribution in [3.8, 4) is 0 Å². The molecule has 0 aromatic rings. The molecule has 0 bridgehead atoms. The maximum absolute atomic E-state index is 12.1. The minimum absolute atomic E-state index is 0.0541. The number of aliphatic hydroxyl groups excluding tert-OH is 1. The van der Waals surface area contributed by atoms with Gasteiger partial charge >= 0.3 is 12.0 Å². The van der Waals surface area contributed by atoms with E-state index in [1.165, 1.54) is 4.90 Å². The zero-order valence-electron chi connectivity index (χ0n) is 11.1. The Morgan fingerprint density at radius 2 is 2.05 bits per heavy atom. The molecule has 0 aliphatic carbocycles. The van der Waals surface area contributed by atoms with Crippen LogP contribution in [0.4, 0.5) is 4.79 Å². The third-order valence-electron chi connectivity index (χ3n) is 3.78. The van der Waals surface area contributed by atoms with Gasteiger partial charge in [0, 0.05) is 25.6 Å². The molecule has 0 aromatic heterocycles. The first-order valence-corrected chi connectivity index (χ1v) is 6.64. The number of hydrogen-bond acceptors (Lipinski definition) is 4. The molecule has 2 fully saturated rings. The van der Waals surface area contributed by atoms with Gasteiger partial charge in [-0.15, -0.1) is 0 Å². The Balaban J connectivity index is 1.93. The maximum atomic E-state index is 12.1. The molecule has 0 spiro atoms. The molecule has 2 amide bonds. The number of hydrogen-bond donors (Lipinski definition) is 3. The molecule has 2 aliphatic rings. The molecule has 3 N–H and O–H groups in total. The van der Waals surface area contributed by atoms with Crippen molar-refractivity contribution in [1.82, 2.24) is 15.1 Å². The first kappa shape index (κ1) is 14.1. The number of piperidine rings is 1. The summed E-state index contributed by atoms with van der Waals surface area (Å²) in [6.45, 7) is 1.89. The number of nitrogens with zero attached hydrogens (tertiary/aromatic N) is 2. The molecule has 3 atom stereocenters. The number of urea groups is 1. The van der Waals surface area contributed by atoms with Crippen LogP contribution in [-0.4, -0.2) is 76.9 Å². The number of carboxylic acid groups (broad SMARTS) is 1. The summed E-state index contributed by atoms with van der Waals surface area (Å²) in [5.41, 5.74) is 0. The predicted octanol–water partition coefficient (Wildman–Crippen LogP) is -0.690. The molecule has 0 radical (unpaired) electrons. The standard InChI is InChI=1S/C12H21N3O4/c1-14-4-2-3-8(6-14)13-12(19)15-7-9(16)5-10(15)11(17)18/h8-10,16H,2-7H2,1H3,(H,13,19)(H,17,18). The third kappa shape index (κ3) is 3.36. The molecule has 7 heteroatoms. The molecule has 2 saturated heterocycles. The number of aliphatic carboxylic acids is 1. The van der Waals surface area contributed by atoms with Crippen molar-refractivity contribution in [2.45, 2.75) is 37.5 Å². The molecule has 3 unspecified atom stereocenters. The lowest BCUT2D eigenvalue weighted by atomic mass is 10.1. The van der Waals surface area contributed by atoms with Crippen molar-refractivity contribution in [1.29, 1.82) is 0 Å². The minimum atomic E-state index is -1.06. The van der Waals surface area contributed by atoms with Gasteiger partial charge in [0.2, 0.25) is 0 Å². The van der Waals surface area contributed by atoms with Crippen molar-refractivity contribution < 1.29 is 19.8 Å². The van der Waals surface area contributed by atoms with Crippen LogP contribution in [-0.2, 0) is 4.79 Å². The Hall–Kier alpha value is -1.34. The van der Waals surface area contributed by atoms with Crippen LogP contribution in [0.5, 0.6) is 0 Å². The highest BCUT2D eigenvalue weighted by atomic mass is 16.4. The number of carboxylic acids is 1. The number of β-amino-alcohol motifs (C(OH)–C–C–N with tert-alkyl or cyclic N) is 1. The Kier molecular flexibility index (Phi) is 4.26. The quantitative estimate of drug-likeness (QED) is 0.618. The molecule has 7 nitrogen and oxygen atoms in total. The van der Waals surface area contributed by atoms with E-state index in [4.69, 9.17) is 5.11 Å². The van der Waals surface area contributed by atoms with Crippen LogP contribution in [0.25, 0.3) is 0 Å². The maximum Gasteiger partial charge on any atom is 0.326 e. The summed E-state index contributed by atoms with van der Waals surface area (Å²) in [4.78, 5) is 26.5. The molecule has 0 aromatic carbocycles. The fourth-order valence-electron chi connectivity index (χ4n) is 2.81. The van der Waals surface area contributed by atoms with Gasteiger partial charge in [-0.1, -0.05) is 0 Å². The Bertz CT molecular complexity index is 363. The van der Waals surface area contributed by atoms with Gasteiger partial charge in [-0.25, -0.2) is 9.59 Å². The summed E-state index contributed by atoms with van der Waals surface area (Å²) in [6.07, 6.45) is 1.28. The van der Waals surface area contributed by atoms with E-state index < -0.39 is 18.1 Å². The van der Waals surface area contributed by atoms with Crippen LogP contribution in [0.2, 0.25) is 0 Å². The van der Waals surface area contributed by atoms with E-state index >= 15 is 0 Å². The predicted molar refractivity (Wildman–Crippen MR) is 67.8 cm³/mol. The number of carbonyl (C=O) groups is 2. The minimum Gasteiger partial charge on any atom is -0.480 e. The number of amides is 2. The summed E-state index contributed by atoms with van der Waals surface area (Å²) in [7, 11) is 2.00. The fraction of sp³-hybridized carbons (Fsp3) is 0.833. The van der Waals surface area contributed by atoms with Crippen LogP contribution < -0.4 is 5.32 Å². The molecule has 0 saturated carbocycles. The second-order valence-corrected chi connectivity index (χ2v) is 5.45. The second kappa shape index (κ2) is 5.75. The van der Waals surface area contributed by atoms with E-state index in [1.807, 2.05) is 7.05 Å². The average molecular weight is 271 g/mol. The Morgan fingerprint density at radius 3 is 2.68 bits per heavy atom. The van der Waals surface area contributed by atoms with Gasteiger partial charge in [-0.2, -0.15) is 0 Å². The van der Waals surface area contributed by atoms with Crippen LogP contribution in [0, 0.1) is 0 Å². The van der Waals surface area contributed by atoms with E-state index in [0.29, 0.717) is 0 Å². The third-order valence-corrected chi connectivity index (χ3v) is 3.78. The summed E-state index contributed by atoms with van der Waals surface area (Å²) < 4.78 is 0. The topological polar surface area (TPSA) is 93.1 Å². The lowest BCUT2D eigenvalue weighted by Gasteiger charge is -2.32. The monoisotopic (exact) mass is 271 g/mol. The Morgan fingerprint density at radius 1 is 1.32 bits per heavy atom. The van der Waals surface area contributed by atoms with Gasteiger partial charge in [0.25, 0.3) is 0 Å². The molecular formula is C12H21N3O4. The van der Waals surface area contributed by atoms with E-state index in [0.717, 1.165) is 25.9 Å². The summed E-state index contributed by atoms with van der Waals surface area (Å²) in [5.74, 6) is -1.06. The largest absolute Gasteiger partial charge is 0.480 e. The van der Waals surface area contributed by atoms with Crippen molar-refractivity contribution in [2.75, 3.05) is 26.7 Å². The highest BCUT2D eigenvalue weighted by Gasteiger charge is 2.39. The first-order chi connectivity index (χ1) is 8.97. The first-order valence-electron chi connectivity index (χ1n) is 6.64. The summed E-state index contributed by atoms with van der Waals surface area (Å²) in [6, 6.07) is -1.25. The lowest BCUT2D eigenvalue weighted by Crippen LogP contribution is -2.53. The van der Waals surface area contributed by atoms with Crippen molar-refractivity contribution in [3.05, 3.63) is 0 Å². The number of likely N-dealkylation sites (N-methyl/N-ethyl adjacent to an activating group) is 1. The molecule has 2 heterocycles. The van der Waals surface area contributed by atoms with Gasteiger partial charge in [0.1, 0.15) is 6.04 Å². The van der Waals surface area contributed by atoms with Gasteiger partial charge in [-0.05, 0) is 26.4 Å². The fourth-order valence-corrected chi connectivity index (χ4v) is 2.81. The van der Waals surface area contributed by atoms with Gasteiger partial charge in [0.05, 0.1) is 6.10 Å². The van der Waals surface area contributed by atoms with Crippen LogP contribution in [0.1, 0.15) is 19.3 Å². The normalized spacial score (nSPS) is 32.3. The molecule has 19 heavy (non-hydrogen) atoms. The van der Waals surface area contributed by atoms with E-state index in [1.54, 1.807) is 0 Å². The lowest BCUT2D eigenvalue weighted by molar-refractivity contribution is -0.141. The second-order valence-electron chi connectivity index (χ2n) is 5.45. The van der Waals surface area contributed by atoms with E-state index in [-0.39, 0.29) is 25.0 Å². The summed E-state index contributed by atoms with van der Waals surface area (Å²) in [5, 5.41) is 21.4.